The van der Waals surface area contributed by atoms with Crippen LogP contribution in [0.25, 0.3) is 0 Å². The van der Waals surface area contributed by atoms with Crippen LogP contribution in [0.15, 0.2) is 24.7 Å². The normalized spacial score (nSPS) is 10.6. The first-order chi connectivity index (χ1) is 8.72. The Morgan fingerprint density at radius 2 is 2.28 bits per heavy atom. The van der Waals surface area contributed by atoms with Crippen molar-refractivity contribution in [3.05, 3.63) is 35.2 Å². The molecule has 5 nitrogen and oxygen atoms in total. The van der Waals surface area contributed by atoms with E-state index < -0.39 is 0 Å². The van der Waals surface area contributed by atoms with Gasteiger partial charge in [0.15, 0.2) is 5.75 Å². The number of nitrogens with two attached hydrogens (primary N) is 1. The van der Waals surface area contributed by atoms with E-state index in [0.29, 0.717) is 23.2 Å². The van der Waals surface area contributed by atoms with Crippen LogP contribution in [-0.4, -0.2) is 14.8 Å². The van der Waals surface area contributed by atoms with Gasteiger partial charge in [-0.05, 0) is 18.1 Å². The number of rotatable bonds is 5. The molecule has 0 radical (unpaired) electrons. The second-order valence-electron chi connectivity index (χ2n) is 3.88. The summed E-state index contributed by atoms with van der Waals surface area (Å²) in [7, 11) is 0. The lowest BCUT2D eigenvalue weighted by Crippen LogP contribution is -1.98. The topological polar surface area (TPSA) is 66.0 Å². The molecule has 0 aliphatic carbocycles. The summed E-state index contributed by atoms with van der Waals surface area (Å²) in [5, 5.41) is 4.61. The maximum absolute atomic E-state index is 6.06. The Labute approximate surface area is 111 Å². The number of halogens is 1. The van der Waals surface area contributed by atoms with E-state index in [2.05, 4.69) is 17.0 Å². The molecular formula is C12H15ClN4O. The molecule has 0 unspecified atom stereocenters. The van der Waals surface area contributed by atoms with Crippen LogP contribution < -0.4 is 10.5 Å². The first-order valence-corrected chi connectivity index (χ1v) is 6.15. The lowest BCUT2D eigenvalue weighted by atomic mass is 10.3. The third kappa shape index (κ3) is 3.00. The van der Waals surface area contributed by atoms with Gasteiger partial charge in [-0.25, -0.2) is 4.98 Å². The SMILES string of the molecule is CCCn1cc(Oc2ncc(CN)cc2Cl)cn1. The summed E-state index contributed by atoms with van der Waals surface area (Å²) in [4.78, 5) is 4.13. The Balaban J connectivity index is 2.12. The van der Waals surface area contributed by atoms with Gasteiger partial charge in [0.25, 0.3) is 0 Å². The van der Waals surface area contributed by atoms with Gasteiger partial charge in [-0.2, -0.15) is 5.10 Å². The Bertz CT molecular complexity index is 527. The molecule has 6 heteroatoms. The minimum absolute atomic E-state index is 0.366. The van der Waals surface area contributed by atoms with Gasteiger partial charge in [0.1, 0.15) is 5.02 Å². The first kappa shape index (κ1) is 12.9. The summed E-state index contributed by atoms with van der Waals surface area (Å²) < 4.78 is 7.39. The van der Waals surface area contributed by atoms with Gasteiger partial charge in [-0.1, -0.05) is 18.5 Å². The number of aryl methyl sites for hydroxylation is 1. The van der Waals surface area contributed by atoms with Crippen LogP contribution in [0.5, 0.6) is 11.6 Å². The summed E-state index contributed by atoms with van der Waals surface area (Å²) in [5.41, 5.74) is 6.37. The lowest BCUT2D eigenvalue weighted by molar-refractivity contribution is 0.461. The van der Waals surface area contributed by atoms with E-state index in [9.17, 15) is 0 Å². The molecule has 2 N–H and O–H groups in total. The van der Waals surface area contributed by atoms with Gasteiger partial charge in [-0.3, -0.25) is 4.68 Å². The van der Waals surface area contributed by atoms with E-state index in [0.717, 1.165) is 18.5 Å². The molecule has 0 aromatic carbocycles. The van der Waals surface area contributed by atoms with Crippen molar-refractivity contribution < 1.29 is 4.74 Å². The number of hydrogen-bond acceptors (Lipinski definition) is 4. The second-order valence-corrected chi connectivity index (χ2v) is 4.28. The standard InChI is InChI=1S/C12H15ClN4O/c1-2-3-17-8-10(7-16-17)18-12-11(13)4-9(5-14)6-15-12/h4,6-8H,2-3,5,14H2,1H3. The van der Waals surface area contributed by atoms with Crippen LogP contribution in [-0.2, 0) is 13.1 Å². The third-order valence-corrected chi connectivity index (χ3v) is 2.65. The van der Waals surface area contributed by atoms with E-state index in [1.54, 1.807) is 18.5 Å². The van der Waals surface area contributed by atoms with Gasteiger partial charge in [0.2, 0.25) is 5.88 Å². The zero-order valence-corrected chi connectivity index (χ0v) is 10.9. The maximum Gasteiger partial charge on any atom is 0.238 e. The van der Waals surface area contributed by atoms with Gasteiger partial charge in [0.05, 0.1) is 12.4 Å². The van der Waals surface area contributed by atoms with Crippen molar-refractivity contribution in [1.82, 2.24) is 14.8 Å². The number of nitrogens with zero attached hydrogens (tertiary/aromatic N) is 3. The predicted octanol–water partition coefficient (Wildman–Crippen LogP) is 2.59. The highest BCUT2D eigenvalue weighted by Crippen LogP contribution is 2.27. The molecule has 0 aliphatic heterocycles. The van der Waals surface area contributed by atoms with E-state index in [-0.39, 0.29) is 0 Å². The molecular weight excluding hydrogens is 252 g/mol. The molecule has 0 fully saturated rings. The van der Waals surface area contributed by atoms with E-state index in [1.807, 2.05) is 10.9 Å². The van der Waals surface area contributed by atoms with Crippen molar-refractivity contribution in [3.63, 3.8) is 0 Å². The van der Waals surface area contributed by atoms with Crippen LogP contribution >= 0.6 is 11.6 Å². The van der Waals surface area contributed by atoms with Crippen LogP contribution in [0.1, 0.15) is 18.9 Å². The van der Waals surface area contributed by atoms with E-state index >= 15 is 0 Å². The molecule has 2 aromatic heterocycles. The molecule has 0 bridgehead atoms. The fourth-order valence-electron chi connectivity index (χ4n) is 1.51. The molecule has 2 aromatic rings. The Morgan fingerprint density at radius 3 is 2.94 bits per heavy atom. The van der Waals surface area contributed by atoms with Crippen LogP contribution in [0.4, 0.5) is 0 Å². The highest BCUT2D eigenvalue weighted by Gasteiger charge is 2.07. The average Bonchev–Trinajstić information content (AvgIpc) is 2.80. The highest BCUT2D eigenvalue weighted by molar-refractivity contribution is 6.31. The Kier molecular flexibility index (Phi) is 4.17. The molecule has 18 heavy (non-hydrogen) atoms. The number of pyridine rings is 1. The second kappa shape index (κ2) is 5.84. The molecule has 0 spiro atoms. The zero-order chi connectivity index (χ0) is 13.0. The van der Waals surface area contributed by atoms with Crippen molar-refractivity contribution >= 4 is 11.6 Å². The fourth-order valence-corrected chi connectivity index (χ4v) is 1.74. The third-order valence-electron chi connectivity index (χ3n) is 2.38. The quantitative estimate of drug-likeness (QED) is 0.903. The molecule has 96 valence electrons. The van der Waals surface area contributed by atoms with Gasteiger partial charge >= 0.3 is 0 Å². The van der Waals surface area contributed by atoms with E-state index in [1.165, 1.54) is 0 Å². The predicted molar refractivity (Wildman–Crippen MR) is 69.7 cm³/mol. The fraction of sp³-hybridized carbons (Fsp3) is 0.333. The van der Waals surface area contributed by atoms with Crippen molar-refractivity contribution in [2.75, 3.05) is 0 Å². The highest BCUT2D eigenvalue weighted by atomic mass is 35.5. The van der Waals surface area contributed by atoms with Crippen molar-refractivity contribution in [3.8, 4) is 11.6 Å². The Morgan fingerprint density at radius 1 is 1.44 bits per heavy atom. The van der Waals surface area contributed by atoms with Crippen LogP contribution in [0.2, 0.25) is 5.02 Å². The number of ether oxygens (including phenoxy) is 1. The molecule has 0 saturated heterocycles. The van der Waals surface area contributed by atoms with Gasteiger partial charge in [-0.15, -0.1) is 0 Å². The van der Waals surface area contributed by atoms with Crippen molar-refractivity contribution in [2.24, 2.45) is 5.73 Å². The zero-order valence-electron chi connectivity index (χ0n) is 10.1. The number of hydrogen-bond donors (Lipinski definition) is 1. The van der Waals surface area contributed by atoms with Crippen molar-refractivity contribution in [2.45, 2.75) is 26.4 Å². The molecule has 0 amide bonds. The molecule has 0 atom stereocenters. The largest absolute Gasteiger partial charge is 0.434 e. The summed E-state index contributed by atoms with van der Waals surface area (Å²) in [6, 6.07) is 1.75. The molecule has 0 aliphatic rings. The summed E-state index contributed by atoms with van der Waals surface area (Å²) in [5.74, 6) is 0.989. The number of aromatic nitrogens is 3. The minimum atomic E-state index is 0.366. The molecule has 2 heterocycles. The van der Waals surface area contributed by atoms with E-state index in [4.69, 9.17) is 22.1 Å². The monoisotopic (exact) mass is 266 g/mol. The maximum atomic E-state index is 6.06. The average molecular weight is 267 g/mol. The Hall–Kier alpha value is -1.59. The smallest absolute Gasteiger partial charge is 0.238 e. The van der Waals surface area contributed by atoms with Gasteiger partial charge in [0, 0.05) is 19.3 Å². The molecule has 2 rings (SSSR count). The van der Waals surface area contributed by atoms with Crippen LogP contribution in [0, 0.1) is 0 Å². The van der Waals surface area contributed by atoms with Crippen LogP contribution in [0.3, 0.4) is 0 Å². The first-order valence-electron chi connectivity index (χ1n) is 5.77. The van der Waals surface area contributed by atoms with Gasteiger partial charge < -0.3 is 10.5 Å². The lowest BCUT2D eigenvalue weighted by Gasteiger charge is -2.05. The minimum Gasteiger partial charge on any atom is -0.434 e. The summed E-state index contributed by atoms with van der Waals surface area (Å²) in [6.07, 6.45) is 6.13. The summed E-state index contributed by atoms with van der Waals surface area (Å²) >= 11 is 6.06. The van der Waals surface area contributed by atoms with Crippen molar-refractivity contribution in [1.29, 1.82) is 0 Å². The summed E-state index contributed by atoms with van der Waals surface area (Å²) in [6.45, 7) is 3.35. The molecule has 0 saturated carbocycles.